The highest BCUT2D eigenvalue weighted by Crippen LogP contribution is 2.09. The minimum atomic E-state index is -3.54. The standard InChI is InChI=1S/C20H38N2O8S2/c1-13(2)17(21-31(25,26)15(5)6)11-29-19(23)9-10-20(24)30-12-18(14(3)4)22-32(27,28)16(7)8/h9-10,13-18,21-22H,11-12H2,1-8H3/b10-9+/t17-,18-/m0/s1. The second-order valence-corrected chi connectivity index (χ2v) is 13.3. The molecule has 0 bridgehead atoms. The van der Waals surface area contributed by atoms with Crippen LogP contribution < -0.4 is 9.44 Å². The lowest BCUT2D eigenvalue weighted by molar-refractivity contribution is -0.141. The zero-order chi connectivity index (χ0) is 25.3. The van der Waals surface area contributed by atoms with Crippen molar-refractivity contribution in [2.75, 3.05) is 13.2 Å². The number of esters is 2. The second-order valence-electron chi connectivity index (χ2n) is 8.72. The van der Waals surface area contributed by atoms with Crippen molar-refractivity contribution >= 4 is 32.0 Å². The number of hydrogen-bond donors (Lipinski definition) is 2. The summed E-state index contributed by atoms with van der Waals surface area (Å²) < 4.78 is 63.2. The van der Waals surface area contributed by atoms with Crippen LogP contribution in [0.5, 0.6) is 0 Å². The molecule has 2 atom stereocenters. The lowest BCUT2D eigenvalue weighted by atomic mass is 10.1. The zero-order valence-electron chi connectivity index (χ0n) is 20.1. The van der Waals surface area contributed by atoms with Gasteiger partial charge in [-0.15, -0.1) is 0 Å². The highest BCUT2D eigenvalue weighted by atomic mass is 32.2. The maximum atomic E-state index is 12.0. The van der Waals surface area contributed by atoms with Gasteiger partial charge in [-0.05, 0) is 39.5 Å². The van der Waals surface area contributed by atoms with E-state index in [9.17, 15) is 26.4 Å². The molecule has 0 aromatic carbocycles. The van der Waals surface area contributed by atoms with Crippen LogP contribution >= 0.6 is 0 Å². The molecule has 0 aliphatic rings. The Morgan fingerprint density at radius 3 is 1.16 bits per heavy atom. The molecule has 0 spiro atoms. The predicted octanol–water partition coefficient (Wildman–Crippen LogP) is 1.33. The van der Waals surface area contributed by atoms with Crippen molar-refractivity contribution in [3.8, 4) is 0 Å². The zero-order valence-corrected chi connectivity index (χ0v) is 21.7. The molecule has 188 valence electrons. The maximum absolute atomic E-state index is 12.0. The van der Waals surface area contributed by atoms with Gasteiger partial charge in [0.2, 0.25) is 20.0 Å². The third kappa shape index (κ3) is 11.4. The molecule has 0 amide bonds. The molecule has 10 nitrogen and oxygen atoms in total. The van der Waals surface area contributed by atoms with Crippen LogP contribution in [0.1, 0.15) is 55.4 Å². The van der Waals surface area contributed by atoms with Crippen molar-refractivity contribution in [1.29, 1.82) is 0 Å². The normalized spacial score (nSPS) is 15.0. The summed E-state index contributed by atoms with van der Waals surface area (Å²) >= 11 is 0. The predicted molar refractivity (Wildman–Crippen MR) is 123 cm³/mol. The molecule has 0 heterocycles. The first-order valence-corrected chi connectivity index (χ1v) is 13.6. The van der Waals surface area contributed by atoms with Crippen molar-refractivity contribution in [1.82, 2.24) is 9.44 Å². The van der Waals surface area contributed by atoms with E-state index in [2.05, 4.69) is 9.44 Å². The summed E-state index contributed by atoms with van der Waals surface area (Å²) in [6, 6.07) is -1.24. The topological polar surface area (TPSA) is 145 Å². The fourth-order valence-corrected chi connectivity index (χ4v) is 4.06. The van der Waals surface area contributed by atoms with E-state index in [4.69, 9.17) is 9.47 Å². The van der Waals surface area contributed by atoms with E-state index >= 15 is 0 Å². The van der Waals surface area contributed by atoms with Crippen LogP contribution in [0.2, 0.25) is 0 Å². The minimum Gasteiger partial charge on any atom is -0.461 e. The first-order valence-electron chi connectivity index (χ1n) is 10.5. The molecular weight excluding hydrogens is 460 g/mol. The first kappa shape index (κ1) is 30.5. The van der Waals surface area contributed by atoms with Gasteiger partial charge in [0.1, 0.15) is 13.2 Å². The summed E-state index contributed by atoms with van der Waals surface area (Å²) in [5, 5.41) is -1.26. The molecule has 0 aliphatic heterocycles. The van der Waals surface area contributed by atoms with Gasteiger partial charge < -0.3 is 9.47 Å². The van der Waals surface area contributed by atoms with Crippen LogP contribution in [0.15, 0.2) is 12.2 Å². The molecule has 2 N–H and O–H groups in total. The fourth-order valence-electron chi connectivity index (χ4n) is 2.00. The highest BCUT2D eigenvalue weighted by molar-refractivity contribution is 7.90. The molecule has 0 radical (unpaired) electrons. The van der Waals surface area contributed by atoms with Gasteiger partial charge in [-0.3, -0.25) is 0 Å². The van der Waals surface area contributed by atoms with Gasteiger partial charge in [0.15, 0.2) is 0 Å². The number of carbonyl (C=O) groups excluding carboxylic acids is 2. The Bertz CT molecular complexity index is 777. The Labute approximate surface area is 192 Å². The van der Waals surface area contributed by atoms with Crippen molar-refractivity contribution in [3.05, 3.63) is 12.2 Å². The molecule has 0 rings (SSSR count). The summed E-state index contributed by atoms with van der Waals surface area (Å²) in [7, 11) is -7.08. The monoisotopic (exact) mass is 498 g/mol. The van der Waals surface area contributed by atoms with E-state index in [-0.39, 0.29) is 25.0 Å². The van der Waals surface area contributed by atoms with Crippen LogP contribution in [0.25, 0.3) is 0 Å². The van der Waals surface area contributed by atoms with Crippen molar-refractivity contribution in [3.63, 3.8) is 0 Å². The van der Waals surface area contributed by atoms with E-state index in [0.717, 1.165) is 12.2 Å². The van der Waals surface area contributed by atoms with Gasteiger partial charge in [0.25, 0.3) is 0 Å². The average molecular weight is 499 g/mol. The van der Waals surface area contributed by atoms with Crippen molar-refractivity contribution in [2.24, 2.45) is 11.8 Å². The van der Waals surface area contributed by atoms with Gasteiger partial charge in [-0.2, -0.15) is 0 Å². The fraction of sp³-hybridized carbons (Fsp3) is 0.800. The Balaban J connectivity index is 4.78. The Morgan fingerprint density at radius 1 is 0.656 bits per heavy atom. The molecule has 0 saturated heterocycles. The lowest BCUT2D eigenvalue weighted by Gasteiger charge is -2.23. The van der Waals surface area contributed by atoms with E-state index in [1.54, 1.807) is 27.7 Å². The van der Waals surface area contributed by atoms with Gasteiger partial charge in [0.05, 0.1) is 22.6 Å². The smallest absolute Gasteiger partial charge is 0.331 e. The number of nitrogens with one attached hydrogen (secondary N) is 2. The number of hydrogen-bond acceptors (Lipinski definition) is 8. The average Bonchev–Trinajstić information content (AvgIpc) is 2.65. The van der Waals surface area contributed by atoms with E-state index < -0.39 is 54.6 Å². The number of sulfonamides is 2. The van der Waals surface area contributed by atoms with Gasteiger partial charge >= 0.3 is 11.9 Å². The third-order valence-electron chi connectivity index (χ3n) is 4.65. The SMILES string of the molecule is CC(C)[C@H](COC(=O)/C=C/C(=O)OC[C@H](NS(=O)(=O)C(C)C)C(C)C)NS(=O)(=O)C(C)C. The van der Waals surface area contributed by atoms with Crippen LogP contribution in [0.4, 0.5) is 0 Å². The largest absolute Gasteiger partial charge is 0.461 e. The number of ether oxygens (including phenoxy) is 2. The Hall–Kier alpha value is -1.50. The van der Waals surface area contributed by atoms with Gasteiger partial charge in [-0.1, -0.05) is 27.7 Å². The lowest BCUT2D eigenvalue weighted by Crippen LogP contribution is -2.45. The molecular formula is C20H38N2O8S2. The molecule has 0 aliphatic carbocycles. The second kappa shape index (κ2) is 13.3. The number of carbonyl (C=O) groups is 2. The molecule has 0 aromatic heterocycles. The van der Waals surface area contributed by atoms with Crippen LogP contribution in [0.3, 0.4) is 0 Å². The number of rotatable bonds is 14. The summed E-state index contributed by atoms with van der Waals surface area (Å²) in [5.74, 6) is -1.93. The Morgan fingerprint density at radius 2 is 0.938 bits per heavy atom. The minimum absolute atomic E-state index is 0.132. The van der Waals surface area contributed by atoms with E-state index in [1.165, 1.54) is 27.7 Å². The molecule has 0 unspecified atom stereocenters. The highest BCUT2D eigenvalue weighted by Gasteiger charge is 2.25. The van der Waals surface area contributed by atoms with Gasteiger partial charge in [-0.25, -0.2) is 35.9 Å². The van der Waals surface area contributed by atoms with E-state index in [1.807, 2.05) is 0 Å². The van der Waals surface area contributed by atoms with Gasteiger partial charge in [0, 0.05) is 12.2 Å². The third-order valence-corrected chi connectivity index (χ3v) is 8.39. The van der Waals surface area contributed by atoms with Crippen molar-refractivity contribution in [2.45, 2.75) is 78.0 Å². The molecule has 0 saturated carbocycles. The summed E-state index contributed by atoms with van der Waals surface area (Å²) in [4.78, 5) is 23.8. The van der Waals surface area contributed by atoms with E-state index in [0.29, 0.717) is 0 Å². The summed E-state index contributed by atoms with van der Waals surface area (Å²) in [6.07, 6.45) is 1.75. The molecule has 0 aromatic rings. The van der Waals surface area contributed by atoms with Crippen LogP contribution in [0, 0.1) is 11.8 Å². The molecule has 0 fully saturated rings. The van der Waals surface area contributed by atoms with Crippen LogP contribution in [-0.2, 0) is 39.1 Å². The van der Waals surface area contributed by atoms with Crippen molar-refractivity contribution < 1.29 is 35.9 Å². The first-order chi connectivity index (χ1) is 14.5. The summed E-state index contributed by atoms with van der Waals surface area (Å²) in [5.41, 5.74) is 0. The maximum Gasteiger partial charge on any atom is 0.331 e. The Kier molecular flexibility index (Phi) is 12.6. The summed E-state index contributed by atoms with van der Waals surface area (Å²) in [6.45, 7) is 12.9. The quantitative estimate of drug-likeness (QED) is 0.269. The molecule has 32 heavy (non-hydrogen) atoms. The van der Waals surface area contributed by atoms with Crippen LogP contribution in [-0.4, -0.2) is 64.6 Å². The molecule has 12 heteroatoms.